The zero-order valence-corrected chi connectivity index (χ0v) is 10.3. The van der Waals surface area contributed by atoms with Gasteiger partial charge >= 0.3 is 0 Å². The van der Waals surface area contributed by atoms with Crippen LogP contribution in [0.1, 0.15) is 13.8 Å². The number of hydrogen-bond donors (Lipinski definition) is 1. The van der Waals surface area contributed by atoms with E-state index < -0.39 is 0 Å². The van der Waals surface area contributed by atoms with Gasteiger partial charge in [0.2, 0.25) is 5.91 Å². The third-order valence-electron chi connectivity index (χ3n) is 1.85. The highest BCUT2D eigenvalue weighted by molar-refractivity contribution is 7.99. The first-order valence-corrected chi connectivity index (χ1v) is 6.16. The first kappa shape index (κ1) is 12.8. The number of carbonyl (C=O) groups is 1. The molecule has 1 heterocycles. The van der Waals surface area contributed by atoms with Gasteiger partial charge in [-0.1, -0.05) is 13.8 Å². The Labute approximate surface area is 99.6 Å². The van der Waals surface area contributed by atoms with E-state index in [1.807, 2.05) is 13.8 Å². The molecule has 0 atom stereocenters. The summed E-state index contributed by atoms with van der Waals surface area (Å²) < 4.78 is 0.764. The number of aromatic nitrogens is 1. The fourth-order valence-corrected chi connectivity index (χ4v) is 1.78. The number of rotatable bonds is 5. The Bertz CT molecular complexity index is 356. The summed E-state index contributed by atoms with van der Waals surface area (Å²) in [7, 11) is 0. The van der Waals surface area contributed by atoms with Crippen LogP contribution < -0.4 is 10.0 Å². The minimum Gasteiger partial charge on any atom is -0.618 e. The molecule has 1 amide bonds. The van der Waals surface area contributed by atoms with Crippen LogP contribution in [0.25, 0.3) is 0 Å². The second-order valence-electron chi connectivity index (χ2n) is 3.85. The molecule has 0 saturated heterocycles. The van der Waals surface area contributed by atoms with Crippen LogP contribution in [0, 0.1) is 11.1 Å². The van der Waals surface area contributed by atoms with Crippen molar-refractivity contribution in [3.63, 3.8) is 0 Å². The second kappa shape index (κ2) is 6.37. The van der Waals surface area contributed by atoms with Crippen molar-refractivity contribution in [1.29, 1.82) is 0 Å². The van der Waals surface area contributed by atoms with Gasteiger partial charge in [-0.25, -0.2) is 0 Å². The minimum absolute atomic E-state index is 0.0393. The first-order chi connectivity index (χ1) is 7.59. The lowest BCUT2D eigenvalue weighted by atomic mass is 10.2. The van der Waals surface area contributed by atoms with Gasteiger partial charge in [-0.3, -0.25) is 4.79 Å². The standard InChI is InChI=1S/C11H16N2O2S/c1-9(2)7-12-10(14)8-16-11-5-3-4-6-13(11)15/h3-6,9H,7-8H2,1-2H3,(H,12,14). The maximum absolute atomic E-state index is 11.4. The van der Waals surface area contributed by atoms with Crippen molar-refractivity contribution in [2.75, 3.05) is 12.3 Å². The van der Waals surface area contributed by atoms with Gasteiger partial charge in [-0.2, -0.15) is 4.73 Å². The zero-order chi connectivity index (χ0) is 12.0. The summed E-state index contributed by atoms with van der Waals surface area (Å²) >= 11 is 1.25. The first-order valence-electron chi connectivity index (χ1n) is 5.17. The number of thioether (sulfide) groups is 1. The van der Waals surface area contributed by atoms with E-state index in [-0.39, 0.29) is 11.7 Å². The Kier molecular flexibility index (Phi) is 5.11. The number of hydrogen-bond acceptors (Lipinski definition) is 3. The lowest BCUT2D eigenvalue weighted by Gasteiger charge is -2.07. The van der Waals surface area contributed by atoms with E-state index in [1.165, 1.54) is 18.0 Å². The van der Waals surface area contributed by atoms with Crippen molar-refractivity contribution in [3.05, 3.63) is 29.6 Å². The summed E-state index contributed by atoms with van der Waals surface area (Å²) in [6.07, 6.45) is 1.42. The Morgan fingerprint density at radius 3 is 2.94 bits per heavy atom. The van der Waals surface area contributed by atoms with Crippen LogP contribution in [0.5, 0.6) is 0 Å². The number of nitrogens with one attached hydrogen (secondary N) is 1. The average molecular weight is 240 g/mol. The minimum atomic E-state index is -0.0393. The van der Waals surface area contributed by atoms with Crippen molar-refractivity contribution in [2.45, 2.75) is 18.9 Å². The molecule has 0 unspecified atom stereocenters. The Morgan fingerprint density at radius 1 is 1.56 bits per heavy atom. The van der Waals surface area contributed by atoms with Crippen molar-refractivity contribution in [3.8, 4) is 0 Å². The number of carbonyl (C=O) groups excluding carboxylic acids is 1. The molecule has 0 fully saturated rings. The third kappa shape index (κ3) is 4.53. The molecule has 0 aliphatic heterocycles. The molecule has 1 aromatic heterocycles. The van der Waals surface area contributed by atoms with Gasteiger partial charge in [-0.05, 0) is 23.7 Å². The fourth-order valence-electron chi connectivity index (χ4n) is 1.03. The van der Waals surface area contributed by atoms with E-state index in [0.717, 1.165) is 4.73 Å². The van der Waals surface area contributed by atoms with Gasteiger partial charge in [-0.15, -0.1) is 0 Å². The summed E-state index contributed by atoms with van der Waals surface area (Å²) in [5.41, 5.74) is 0. The molecule has 0 bridgehead atoms. The quantitative estimate of drug-likeness (QED) is 0.478. The molecule has 0 aromatic carbocycles. The smallest absolute Gasteiger partial charge is 0.251 e. The lowest BCUT2D eigenvalue weighted by molar-refractivity contribution is -0.645. The second-order valence-corrected chi connectivity index (χ2v) is 4.85. The lowest BCUT2D eigenvalue weighted by Crippen LogP contribution is -2.31. The maximum Gasteiger partial charge on any atom is 0.251 e. The van der Waals surface area contributed by atoms with Crippen LogP contribution in [-0.4, -0.2) is 18.2 Å². The van der Waals surface area contributed by atoms with Crippen molar-refractivity contribution in [2.24, 2.45) is 5.92 Å². The number of nitrogens with zero attached hydrogens (tertiary/aromatic N) is 1. The molecule has 0 aliphatic rings. The summed E-state index contributed by atoms with van der Waals surface area (Å²) in [4.78, 5) is 11.4. The van der Waals surface area contributed by atoms with E-state index in [4.69, 9.17) is 0 Å². The largest absolute Gasteiger partial charge is 0.618 e. The molecule has 0 spiro atoms. The molecular weight excluding hydrogens is 224 g/mol. The van der Waals surface area contributed by atoms with Gasteiger partial charge in [0.15, 0.2) is 6.20 Å². The van der Waals surface area contributed by atoms with Crippen LogP contribution in [0.3, 0.4) is 0 Å². The molecule has 0 aliphatic carbocycles. The molecular formula is C11H16N2O2S. The number of amides is 1. The monoisotopic (exact) mass is 240 g/mol. The molecule has 0 saturated carbocycles. The summed E-state index contributed by atoms with van der Waals surface area (Å²) in [6, 6.07) is 5.14. The van der Waals surface area contributed by atoms with Crippen LogP contribution in [0.15, 0.2) is 29.4 Å². The molecule has 1 aromatic rings. The van der Waals surface area contributed by atoms with E-state index in [1.54, 1.807) is 18.2 Å². The summed E-state index contributed by atoms with van der Waals surface area (Å²) in [5.74, 6) is 0.677. The summed E-state index contributed by atoms with van der Waals surface area (Å²) in [5, 5.41) is 14.6. The zero-order valence-electron chi connectivity index (χ0n) is 9.47. The fraction of sp³-hybridized carbons (Fsp3) is 0.455. The Hall–Kier alpha value is -1.23. The maximum atomic E-state index is 11.4. The molecule has 5 heteroatoms. The van der Waals surface area contributed by atoms with Crippen LogP contribution in [0.2, 0.25) is 0 Å². The highest BCUT2D eigenvalue weighted by Crippen LogP contribution is 2.11. The Balaban J connectivity index is 2.35. The SMILES string of the molecule is CC(C)CNC(=O)CSc1cccc[n+]1[O-]. The van der Waals surface area contributed by atoms with Crippen LogP contribution >= 0.6 is 11.8 Å². The van der Waals surface area contributed by atoms with Gasteiger partial charge in [0, 0.05) is 18.7 Å². The Morgan fingerprint density at radius 2 is 2.31 bits per heavy atom. The van der Waals surface area contributed by atoms with Crippen LogP contribution in [-0.2, 0) is 4.79 Å². The molecule has 88 valence electrons. The van der Waals surface area contributed by atoms with E-state index in [9.17, 15) is 10.0 Å². The van der Waals surface area contributed by atoms with E-state index in [0.29, 0.717) is 17.5 Å². The van der Waals surface area contributed by atoms with Gasteiger partial charge < -0.3 is 10.5 Å². The predicted molar refractivity (Wildman–Crippen MR) is 64.0 cm³/mol. The summed E-state index contributed by atoms with van der Waals surface area (Å²) in [6.45, 7) is 4.75. The molecule has 1 rings (SSSR count). The normalized spacial score (nSPS) is 10.4. The van der Waals surface area contributed by atoms with E-state index >= 15 is 0 Å². The topological polar surface area (TPSA) is 56.0 Å². The van der Waals surface area contributed by atoms with Crippen molar-refractivity contribution >= 4 is 17.7 Å². The molecule has 1 N–H and O–H groups in total. The van der Waals surface area contributed by atoms with Gasteiger partial charge in [0.05, 0.1) is 5.75 Å². The van der Waals surface area contributed by atoms with Crippen molar-refractivity contribution in [1.82, 2.24) is 5.32 Å². The third-order valence-corrected chi connectivity index (χ3v) is 2.87. The van der Waals surface area contributed by atoms with Gasteiger partial charge in [0.25, 0.3) is 5.03 Å². The molecule has 4 nitrogen and oxygen atoms in total. The highest BCUT2D eigenvalue weighted by Gasteiger charge is 2.08. The average Bonchev–Trinajstić information content (AvgIpc) is 2.25. The molecule has 16 heavy (non-hydrogen) atoms. The van der Waals surface area contributed by atoms with E-state index in [2.05, 4.69) is 5.32 Å². The van der Waals surface area contributed by atoms with Gasteiger partial charge in [0.1, 0.15) is 0 Å². The van der Waals surface area contributed by atoms with Crippen LogP contribution in [0.4, 0.5) is 0 Å². The van der Waals surface area contributed by atoms with Crippen molar-refractivity contribution < 1.29 is 9.52 Å². The molecule has 0 radical (unpaired) electrons. The predicted octanol–water partition coefficient (Wildman–Crippen LogP) is 1.18. The number of pyridine rings is 1. The highest BCUT2D eigenvalue weighted by atomic mass is 32.2.